The van der Waals surface area contributed by atoms with Crippen molar-refractivity contribution in [2.24, 2.45) is 0 Å². The number of benzene rings is 13. The monoisotopic (exact) mass is 804 g/mol. The van der Waals surface area contributed by atoms with Gasteiger partial charge in [0.2, 0.25) is 0 Å². The zero-order chi connectivity index (χ0) is 69.3. The quantitative estimate of drug-likeness (QED) is 0.162. The summed E-state index contributed by atoms with van der Waals surface area (Å²) in [5, 5.41) is -9.45. The van der Waals surface area contributed by atoms with Gasteiger partial charge < -0.3 is 4.42 Å². The number of hydrogen-bond acceptors (Lipinski definition) is 1. The summed E-state index contributed by atoms with van der Waals surface area (Å²) in [6.45, 7) is 0. The predicted molar refractivity (Wildman–Crippen MR) is 260 cm³/mol. The SMILES string of the molecule is [2H]c1c([2H])c([2H])c(-c2c([2H])c(-c3c([2H])c([2H])c4c([2H])c([2H])c5c([2H])c([2H])c([2H])c6c([2H])c([2H])c3c4c56)c([2H])c(-c3c([2H])c([2H])c4c([2H])c([2H])c5c([2H])c([2H])c([2H])c6c([2H])c([2H])c3c4c56)c2-c2c([2H])c([2H])c3oc4c5c([2H])c([2H])c([2H])c([2H])c5c([2H])c([2H])c4c3c2[2H])c([2H])c1[2H]. The second kappa shape index (κ2) is 12.3. The first-order valence-corrected chi connectivity index (χ1v) is 18.4. The molecule has 1 heteroatoms. The molecule has 0 radical (unpaired) electrons. The molecule has 14 rings (SSSR count). The third-order valence-electron chi connectivity index (χ3n) is 10.8. The van der Waals surface area contributed by atoms with Crippen molar-refractivity contribution in [2.45, 2.75) is 0 Å². The van der Waals surface area contributed by atoms with Crippen molar-refractivity contribution in [3.63, 3.8) is 0 Å². The van der Waals surface area contributed by atoms with Gasteiger partial charge in [-0.3, -0.25) is 0 Å². The lowest BCUT2D eigenvalue weighted by atomic mass is 9.81. The maximum Gasteiger partial charge on any atom is 0.143 e. The van der Waals surface area contributed by atoms with Crippen LogP contribution in [-0.4, -0.2) is 0 Å². The summed E-state index contributed by atoms with van der Waals surface area (Å²) in [6.07, 6.45) is 0. The molecule has 0 aliphatic heterocycles. The molecule has 0 saturated heterocycles. The van der Waals surface area contributed by atoms with Crippen molar-refractivity contribution in [2.75, 3.05) is 0 Å². The van der Waals surface area contributed by atoms with Crippen LogP contribution in [0.1, 0.15) is 46.6 Å². The normalized spacial score (nSPS) is 20.1. The third-order valence-corrected chi connectivity index (χ3v) is 10.8. The van der Waals surface area contributed by atoms with Gasteiger partial charge in [0.1, 0.15) is 11.2 Å². The summed E-state index contributed by atoms with van der Waals surface area (Å²) in [5.41, 5.74) is -9.82. The summed E-state index contributed by atoms with van der Waals surface area (Å²) in [4.78, 5) is 0. The molecule has 0 saturated carbocycles. The highest BCUT2D eigenvalue weighted by Crippen LogP contribution is 2.49. The molecule has 0 fully saturated rings. The third kappa shape index (κ3) is 4.66. The van der Waals surface area contributed by atoms with Gasteiger partial charge in [0.05, 0.1) is 46.6 Å². The lowest BCUT2D eigenvalue weighted by molar-refractivity contribution is 0.672. The van der Waals surface area contributed by atoms with Gasteiger partial charge in [0.25, 0.3) is 0 Å². The van der Waals surface area contributed by atoms with Crippen LogP contribution >= 0.6 is 0 Å². The fourth-order valence-electron chi connectivity index (χ4n) is 8.19. The van der Waals surface area contributed by atoms with Crippen molar-refractivity contribution in [3.8, 4) is 44.5 Å². The number of rotatable bonds is 4. The van der Waals surface area contributed by atoms with Gasteiger partial charge in [0, 0.05) is 16.2 Å². The second-order valence-electron chi connectivity index (χ2n) is 14.0. The Morgan fingerprint density at radius 3 is 1.51 bits per heavy atom. The van der Waals surface area contributed by atoms with E-state index < -0.39 is 347 Å². The van der Waals surface area contributed by atoms with Crippen LogP contribution in [0.4, 0.5) is 0 Å². The van der Waals surface area contributed by atoms with Crippen LogP contribution in [0.15, 0.2) is 210 Å². The molecule has 0 spiro atoms. The summed E-state index contributed by atoms with van der Waals surface area (Å²) < 4.78 is 327. The maximum atomic E-state index is 10.9. The van der Waals surface area contributed by atoms with E-state index in [-0.39, 0.29) is 0 Å². The van der Waals surface area contributed by atoms with Gasteiger partial charge in [-0.1, -0.05) is 175 Å². The molecule has 14 aromatic rings. The summed E-state index contributed by atoms with van der Waals surface area (Å²) in [5.74, 6) is 0. The van der Waals surface area contributed by atoms with Crippen molar-refractivity contribution in [3.05, 3.63) is 205 Å². The Balaban J connectivity index is 1.35. The highest BCUT2D eigenvalue weighted by molar-refractivity contribution is 6.28. The zero-order valence-corrected chi connectivity index (χ0v) is 30.4. The molecular weight excluding hydrogens is 737 g/mol. The standard InChI is InChI=1S/C60H34O/c1-2-8-35(9-3-1)51-33-44(45-26-21-41-18-16-37-11-6-13-39-23-28-48(45)58(41)55(37)39)34-53(47-27-22-42-19-17-38-12-7-14-40-24-29-49(47)59(42)56(38)40)57(51)43-25-31-54-52(32-43)50-30-20-36-10-4-5-15-46(36)60(50)61-54/h1-34H/i1D,2D,3D,4D,5D,6D,7D,8D,9D,10D,11D,12D,13D,14D,15D,16D,17D,18D,19D,20D,21D,22D,23D,24D,25D,26D,27D,28D,29D,30D,31D,32D,33D,34D. The highest BCUT2D eigenvalue weighted by atomic mass is 16.3. The average Bonchev–Trinajstić information content (AvgIpc) is 0.888. The largest absolute Gasteiger partial charge is 0.455 e. The molecule has 1 nitrogen and oxygen atoms in total. The molecule has 0 amide bonds. The first kappa shape index (κ1) is 14.3. The minimum atomic E-state index is -1.30. The van der Waals surface area contributed by atoms with Gasteiger partial charge >= 0.3 is 0 Å². The average molecular weight is 805 g/mol. The maximum absolute atomic E-state index is 10.9. The van der Waals surface area contributed by atoms with Crippen molar-refractivity contribution in [1.82, 2.24) is 0 Å². The van der Waals surface area contributed by atoms with Crippen LogP contribution in [0.25, 0.3) is 142 Å². The van der Waals surface area contributed by atoms with E-state index in [2.05, 4.69) is 0 Å². The Hall–Kier alpha value is -8.00. The molecule has 0 aliphatic carbocycles. The molecule has 1 aromatic heterocycles. The van der Waals surface area contributed by atoms with E-state index in [1.807, 2.05) is 0 Å². The fourth-order valence-corrected chi connectivity index (χ4v) is 8.19. The van der Waals surface area contributed by atoms with Gasteiger partial charge in [-0.05, 0) is 145 Å². The minimum absolute atomic E-state index is 0.438. The number of hydrogen-bond donors (Lipinski definition) is 0. The first-order chi connectivity index (χ1) is 44.4. The van der Waals surface area contributed by atoms with Gasteiger partial charge in [-0.15, -0.1) is 0 Å². The molecule has 0 bridgehead atoms. The zero-order valence-electron chi connectivity index (χ0n) is 64.4. The van der Waals surface area contributed by atoms with E-state index in [1.54, 1.807) is 0 Å². The molecular formula is C60H34O. The fraction of sp³-hybridized carbons (Fsp3) is 0. The van der Waals surface area contributed by atoms with E-state index in [4.69, 9.17) is 23.6 Å². The molecule has 0 N–H and O–H groups in total. The van der Waals surface area contributed by atoms with E-state index >= 15 is 0 Å². The number of fused-ring (bicyclic) bond motifs is 5. The lowest BCUT2D eigenvalue weighted by Crippen LogP contribution is -1.95. The van der Waals surface area contributed by atoms with Crippen LogP contribution in [0.3, 0.4) is 0 Å². The van der Waals surface area contributed by atoms with E-state index in [0.29, 0.717) is 0 Å². The Morgan fingerprint density at radius 1 is 0.279 bits per heavy atom. The molecule has 0 aliphatic rings. The Bertz CT molecular complexity index is 6050. The van der Waals surface area contributed by atoms with Gasteiger partial charge in [-0.2, -0.15) is 0 Å². The summed E-state index contributed by atoms with van der Waals surface area (Å²) in [6, 6.07) is -33.7. The van der Waals surface area contributed by atoms with Crippen molar-refractivity contribution >= 4 is 97.3 Å². The minimum Gasteiger partial charge on any atom is -0.455 e. The van der Waals surface area contributed by atoms with Crippen LogP contribution in [0, 0.1) is 0 Å². The molecule has 280 valence electrons. The molecule has 1 heterocycles. The first-order valence-electron chi connectivity index (χ1n) is 35.4. The molecule has 13 aromatic carbocycles. The number of furan rings is 1. The summed E-state index contributed by atoms with van der Waals surface area (Å²) in [7, 11) is 0. The van der Waals surface area contributed by atoms with Crippen LogP contribution in [-0.2, 0) is 0 Å². The van der Waals surface area contributed by atoms with Crippen LogP contribution in [0.2, 0.25) is 0 Å². The van der Waals surface area contributed by atoms with Crippen molar-refractivity contribution < 1.29 is 51.0 Å². The van der Waals surface area contributed by atoms with E-state index in [1.165, 1.54) is 0 Å². The van der Waals surface area contributed by atoms with Gasteiger partial charge in [0.15, 0.2) is 0 Å². The van der Waals surface area contributed by atoms with E-state index in [0.717, 1.165) is 0 Å². The molecule has 0 unspecified atom stereocenters. The van der Waals surface area contributed by atoms with Crippen LogP contribution < -0.4 is 0 Å². The Morgan fingerprint density at radius 2 is 0.803 bits per heavy atom. The highest BCUT2D eigenvalue weighted by Gasteiger charge is 2.23. The van der Waals surface area contributed by atoms with Crippen LogP contribution in [0.5, 0.6) is 0 Å². The Labute approximate surface area is 398 Å². The second-order valence-corrected chi connectivity index (χ2v) is 14.0. The summed E-state index contributed by atoms with van der Waals surface area (Å²) >= 11 is 0. The van der Waals surface area contributed by atoms with Gasteiger partial charge in [-0.25, -0.2) is 0 Å². The molecule has 0 atom stereocenters. The van der Waals surface area contributed by atoms with Crippen molar-refractivity contribution in [1.29, 1.82) is 0 Å². The smallest absolute Gasteiger partial charge is 0.143 e. The van der Waals surface area contributed by atoms with E-state index in [9.17, 15) is 27.4 Å². The topological polar surface area (TPSA) is 13.1 Å². The Kier molecular flexibility index (Phi) is 2.88. The predicted octanol–water partition coefficient (Wildman–Crippen LogP) is 17.2. The lowest BCUT2D eigenvalue weighted by Gasteiger charge is -2.22. The molecule has 61 heavy (non-hydrogen) atoms.